The van der Waals surface area contributed by atoms with Crippen LogP contribution in [0, 0.1) is 17.8 Å². The molecule has 0 radical (unpaired) electrons. The molecule has 1 amide bonds. The molecule has 2 aliphatic rings. The number of carbonyl (C=O) groups is 1. The molecule has 2 saturated carbocycles. The lowest BCUT2D eigenvalue weighted by Crippen LogP contribution is -2.39. The number of hydrogen-bond donors (Lipinski definition) is 1. The average molecular weight is 254 g/mol. The van der Waals surface area contributed by atoms with Gasteiger partial charge in [-0.05, 0) is 38.0 Å². The number of nitrogens with two attached hydrogens (primary N) is 1. The van der Waals surface area contributed by atoms with Crippen molar-refractivity contribution < 1.29 is 4.79 Å². The molecule has 3 nitrogen and oxygen atoms in total. The molecule has 0 saturated heterocycles. The number of rotatable bonds is 5. The summed E-state index contributed by atoms with van der Waals surface area (Å²) < 4.78 is 0. The summed E-state index contributed by atoms with van der Waals surface area (Å²) in [5, 5.41) is 0. The van der Waals surface area contributed by atoms with E-state index in [-0.39, 0.29) is 0 Å². The van der Waals surface area contributed by atoms with E-state index in [1.807, 2.05) is 11.8 Å². The minimum Gasteiger partial charge on any atom is -0.393 e. The van der Waals surface area contributed by atoms with Crippen LogP contribution in [0.3, 0.4) is 0 Å². The van der Waals surface area contributed by atoms with Gasteiger partial charge >= 0.3 is 0 Å². The van der Waals surface area contributed by atoms with Gasteiger partial charge in [0.15, 0.2) is 0 Å². The molecule has 0 aromatic rings. The number of amides is 1. The molecular formula is C13H22N2OS. The average Bonchev–Trinajstić information content (AvgIpc) is 2.90. The lowest BCUT2D eigenvalue weighted by Gasteiger charge is -2.28. The lowest BCUT2D eigenvalue weighted by molar-refractivity contribution is -0.136. The van der Waals surface area contributed by atoms with Gasteiger partial charge in [0.05, 0.1) is 4.99 Å². The van der Waals surface area contributed by atoms with E-state index in [1.54, 1.807) is 0 Å². The Bertz CT molecular complexity index is 319. The Morgan fingerprint density at radius 2 is 2.18 bits per heavy atom. The Morgan fingerprint density at radius 1 is 1.41 bits per heavy atom. The van der Waals surface area contributed by atoms with Gasteiger partial charge in [-0.1, -0.05) is 18.6 Å². The maximum Gasteiger partial charge on any atom is 0.225 e. The summed E-state index contributed by atoms with van der Waals surface area (Å²) in [7, 11) is 0. The van der Waals surface area contributed by atoms with Crippen molar-refractivity contribution in [1.82, 2.24) is 4.90 Å². The van der Waals surface area contributed by atoms with Crippen LogP contribution in [0.15, 0.2) is 0 Å². The number of carbonyl (C=O) groups excluding carboxylic acids is 1. The normalized spacial score (nSPS) is 30.5. The largest absolute Gasteiger partial charge is 0.393 e. The molecule has 3 atom stereocenters. The van der Waals surface area contributed by atoms with Gasteiger partial charge < -0.3 is 10.6 Å². The molecule has 2 fully saturated rings. The Kier molecular flexibility index (Phi) is 4.02. The second-order valence-corrected chi connectivity index (χ2v) is 5.94. The van der Waals surface area contributed by atoms with Crippen LogP contribution in [0.4, 0.5) is 0 Å². The van der Waals surface area contributed by atoms with Crippen molar-refractivity contribution in [2.75, 3.05) is 13.1 Å². The zero-order chi connectivity index (χ0) is 12.4. The monoisotopic (exact) mass is 254 g/mol. The summed E-state index contributed by atoms with van der Waals surface area (Å²) in [5.74, 6) is 2.12. The van der Waals surface area contributed by atoms with E-state index in [1.165, 1.54) is 19.3 Å². The summed E-state index contributed by atoms with van der Waals surface area (Å²) >= 11 is 4.88. The highest BCUT2D eigenvalue weighted by molar-refractivity contribution is 7.80. The molecule has 2 bridgehead atoms. The predicted octanol–water partition coefficient (Wildman–Crippen LogP) is 1.95. The number of nitrogens with zero attached hydrogens (tertiary/aromatic N) is 1. The summed E-state index contributed by atoms with van der Waals surface area (Å²) in [6, 6.07) is 0. The second kappa shape index (κ2) is 5.34. The van der Waals surface area contributed by atoms with Crippen LogP contribution in [-0.4, -0.2) is 28.9 Å². The Labute approximate surface area is 109 Å². The summed E-state index contributed by atoms with van der Waals surface area (Å²) in [5.41, 5.74) is 5.50. The highest BCUT2D eigenvalue weighted by Gasteiger charge is 2.44. The van der Waals surface area contributed by atoms with E-state index in [2.05, 4.69) is 0 Å². The molecule has 0 heterocycles. The van der Waals surface area contributed by atoms with Crippen molar-refractivity contribution >= 4 is 23.1 Å². The van der Waals surface area contributed by atoms with Crippen molar-refractivity contribution in [3.8, 4) is 0 Å². The molecule has 96 valence electrons. The van der Waals surface area contributed by atoms with Gasteiger partial charge in [0.2, 0.25) is 5.91 Å². The van der Waals surface area contributed by atoms with E-state index >= 15 is 0 Å². The van der Waals surface area contributed by atoms with Gasteiger partial charge in [-0.25, -0.2) is 0 Å². The maximum atomic E-state index is 12.4. The highest BCUT2D eigenvalue weighted by atomic mass is 32.1. The van der Waals surface area contributed by atoms with Crippen LogP contribution in [0.25, 0.3) is 0 Å². The minimum absolute atomic E-state index is 0.292. The SMILES string of the molecule is CCN(CCC(N)=S)C(=O)C1CC2CCC1C2. The van der Waals surface area contributed by atoms with Gasteiger partial charge in [0, 0.05) is 25.4 Å². The fraction of sp³-hybridized carbons (Fsp3) is 0.846. The van der Waals surface area contributed by atoms with Gasteiger partial charge in [0.1, 0.15) is 0 Å². The van der Waals surface area contributed by atoms with Crippen LogP contribution < -0.4 is 5.73 Å². The molecular weight excluding hydrogens is 232 g/mol. The Hall–Kier alpha value is -0.640. The number of hydrogen-bond acceptors (Lipinski definition) is 2. The fourth-order valence-electron chi connectivity index (χ4n) is 3.45. The van der Waals surface area contributed by atoms with Crippen molar-refractivity contribution in [1.29, 1.82) is 0 Å². The first-order chi connectivity index (χ1) is 8.11. The van der Waals surface area contributed by atoms with Crippen molar-refractivity contribution in [3.63, 3.8) is 0 Å². The zero-order valence-corrected chi connectivity index (χ0v) is 11.3. The first kappa shape index (κ1) is 12.8. The zero-order valence-electron chi connectivity index (χ0n) is 10.5. The quantitative estimate of drug-likeness (QED) is 0.763. The predicted molar refractivity (Wildman–Crippen MR) is 72.6 cm³/mol. The van der Waals surface area contributed by atoms with E-state index < -0.39 is 0 Å². The van der Waals surface area contributed by atoms with Gasteiger partial charge in [-0.2, -0.15) is 0 Å². The van der Waals surface area contributed by atoms with Crippen molar-refractivity contribution in [2.24, 2.45) is 23.5 Å². The van der Waals surface area contributed by atoms with Gasteiger partial charge in [0.25, 0.3) is 0 Å². The third kappa shape index (κ3) is 2.79. The smallest absolute Gasteiger partial charge is 0.225 e. The molecule has 0 aromatic carbocycles. The molecule has 17 heavy (non-hydrogen) atoms. The second-order valence-electron chi connectivity index (χ2n) is 5.42. The van der Waals surface area contributed by atoms with E-state index in [9.17, 15) is 4.79 Å². The standard InChI is InChI=1S/C13H22N2OS/c1-2-15(6-5-12(14)17)13(16)11-8-9-3-4-10(11)7-9/h9-11H,2-8H2,1H3,(H2,14,17). The number of fused-ring (bicyclic) bond motifs is 2. The first-order valence-corrected chi connectivity index (χ1v) is 7.09. The molecule has 0 spiro atoms. The van der Waals surface area contributed by atoms with E-state index in [4.69, 9.17) is 18.0 Å². The highest BCUT2D eigenvalue weighted by Crippen LogP contribution is 2.48. The van der Waals surface area contributed by atoms with Gasteiger partial charge in [-0.3, -0.25) is 4.79 Å². The topological polar surface area (TPSA) is 46.3 Å². The van der Waals surface area contributed by atoms with Crippen molar-refractivity contribution in [2.45, 2.75) is 39.0 Å². The summed E-state index contributed by atoms with van der Waals surface area (Å²) in [4.78, 5) is 14.9. The van der Waals surface area contributed by atoms with E-state index in [0.29, 0.717) is 35.7 Å². The minimum atomic E-state index is 0.292. The molecule has 4 heteroatoms. The molecule has 3 unspecified atom stereocenters. The van der Waals surface area contributed by atoms with Crippen LogP contribution >= 0.6 is 12.2 Å². The molecule has 2 rings (SSSR count). The lowest BCUT2D eigenvalue weighted by atomic mass is 9.87. The van der Waals surface area contributed by atoms with E-state index in [0.717, 1.165) is 18.9 Å². The van der Waals surface area contributed by atoms with Crippen molar-refractivity contribution in [3.05, 3.63) is 0 Å². The third-order valence-corrected chi connectivity index (χ3v) is 4.58. The molecule has 0 aromatic heterocycles. The third-order valence-electron chi connectivity index (χ3n) is 4.38. The van der Waals surface area contributed by atoms with Crippen LogP contribution in [-0.2, 0) is 4.79 Å². The molecule has 2 N–H and O–H groups in total. The summed E-state index contributed by atoms with van der Waals surface area (Å²) in [6.07, 6.45) is 5.65. The fourth-order valence-corrected chi connectivity index (χ4v) is 3.54. The first-order valence-electron chi connectivity index (χ1n) is 6.69. The maximum absolute atomic E-state index is 12.4. The number of thiocarbonyl (C=S) groups is 1. The van der Waals surface area contributed by atoms with Gasteiger partial charge in [-0.15, -0.1) is 0 Å². The Morgan fingerprint density at radius 3 is 2.65 bits per heavy atom. The molecule has 2 aliphatic carbocycles. The van der Waals surface area contributed by atoms with Crippen LogP contribution in [0.1, 0.15) is 39.0 Å². The Balaban J connectivity index is 1.90. The molecule has 0 aliphatic heterocycles. The van der Waals surface area contributed by atoms with Crippen LogP contribution in [0.2, 0.25) is 0 Å². The summed E-state index contributed by atoms with van der Waals surface area (Å²) in [6.45, 7) is 3.50. The van der Waals surface area contributed by atoms with Crippen LogP contribution in [0.5, 0.6) is 0 Å².